The first kappa shape index (κ1) is 17.6. The first-order valence-corrected chi connectivity index (χ1v) is 10.6. The number of H-pyrrole nitrogens is 1. The van der Waals surface area contributed by atoms with Crippen LogP contribution in [-0.2, 0) is 10.0 Å². The fraction of sp³-hybridized carbons (Fsp3) is 0.471. The Bertz CT molecular complexity index is 948. The van der Waals surface area contributed by atoms with Crippen LogP contribution in [0.4, 0.5) is 0 Å². The molecule has 2 aliphatic rings. The highest BCUT2D eigenvalue weighted by Gasteiger charge is 2.33. The lowest BCUT2D eigenvalue weighted by Gasteiger charge is -2.33. The van der Waals surface area contributed by atoms with Crippen molar-refractivity contribution >= 4 is 33.7 Å². The van der Waals surface area contributed by atoms with Gasteiger partial charge < -0.3 is 14.7 Å². The maximum Gasteiger partial charge on any atom is 0.552 e. The molecule has 4 rings (SSSR count). The van der Waals surface area contributed by atoms with E-state index in [9.17, 15) is 13.4 Å². The largest absolute Gasteiger partial charge is 0.552 e. The molecule has 138 valence electrons. The molecule has 9 heteroatoms. The number of aromatic nitrogens is 2. The summed E-state index contributed by atoms with van der Waals surface area (Å²) in [6.45, 7) is 1.65. The van der Waals surface area contributed by atoms with E-state index in [1.807, 2.05) is 12.3 Å². The molecule has 1 fully saturated rings. The molecule has 0 spiro atoms. The maximum atomic E-state index is 11.8. The third-order valence-electron chi connectivity index (χ3n) is 5.30. The Morgan fingerprint density at radius 2 is 2.15 bits per heavy atom. The molecule has 1 aliphatic heterocycles. The van der Waals surface area contributed by atoms with Gasteiger partial charge >= 0.3 is 7.12 Å². The minimum absolute atomic E-state index is 0.00856. The van der Waals surface area contributed by atoms with Gasteiger partial charge in [-0.3, -0.25) is 0 Å². The molecule has 26 heavy (non-hydrogen) atoms. The molecule has 1 aliphatic carbocycles. The molecule has 3 N–H and O–H groups in total. The summed E-state index contributed by atoms with van der Waals surface area (Å²) in [5, 5.41) is 11.1. The first-order valence-electron chi connectivity index (χ1n) is 8.99. The minimum atomic E-state index is -3.18. The summed E-state index contributed by atoms with van der Waals surface area (Å²) in [6.07, 6.45) is 6.79. The van der Waals surface area contributed by atoms with E-state index < -0.39 is 17.1 Å². The van der Waals surface area contributed by atoms with E-state index in [0.29, 0.717) is 5.75 Å². The Hall–Kier alpha value is -1.84. The molecule has 0 bridgehead atoms. The highest BCUT2D eigenvalue weighted by atomic mass is 32.2. The van der Waals surface area contributed by atoms with Gasteiger partial charge in [0.25, 0.3) is 0 Å². The van der Waals surface area contributed by atoms with Crippen LogP contribution in [0.3, 0.4) is 0 Å². The smallest absolute Gasteiger partial charge is 0.531 e. The average Bonchev–Trinajstić information content (AvgIpc) is 3.10. The molecule has 2 aromatic heterocycles. The van der Waals surface area contributed by atoms with Crippen LogP contribution < -0.4 is 9.38 Å². The van der Waals surface area contributed by atoms with E-state index >= 15 is 0 Å². The summed E-state index contributed by atoms with van der Waals surface area (Å²) in [5.41, 5.74) is 2.85. The molecule has 1 saturated carbocycles. The van der Waals surface area contributed by atoms with Crippen molar-refractivity contribution in [2.45, 2.75) is 38.6 Å². The van der Waals surface area contributed by atoms with Gasteiger partial charge in [0.1, 0.15) is 11.4 Å². The zero-order chi connectivity index (χ0) is 18.3. The lowest BCUT2D eigenvalue weighted by atomic mass is 9.72. The summed E-state index contributed by atoms with van der Waals surface area (Å²) in [4.78, 5) is 7.45. The molecule has 0 unspecified atom stereocenters. The zero-order valence-corrected chi connectivity index (χ0v) is 15.4. The topological polar surface area (TPSA) is 104 Å². The van der Waals surface area contributed by atoms with Crippen LogP contribution in [0, 0.1) is 5.92 Å². The molecule has 0 radical (unpaired) electrons. The quantitative estimate of drug-likeness (QED) is 0.708. The molecule has 0 saturated heterocycles. The van der Waals surface area contributed by atoms with E-state index in [0.717, 1.165) is 47.9 Å². The van der Waals surface area contributed by atoms with Crippen LogP contribution in [0.25, 0.3) is 16.6 Å². The number of rotatable bonds is 4. The van der Waals surface area contributed by atoms with E-state index in [-0.39, 0.29) is 17.7 Å². The standard InChI is InChI=1S/C17H22BN3O4S/c1-2-26(23,24)21-12-5-3-11(4-6-12)14-9-18(22)25-15-10-20-17-13(16(14)15)7-8-19-17/h7-12,21-22H,2-6H2,1H3,(H,19,20). The van der Waals surface area contributed by atoms with Gasteiger partial charge in [0.2, 0.25) is 10.0 Å². The zero-order valence-electron chi connectivity index (χ0n) is 14.6. The lowest BCUT2D eigenvalue weighted by molar-refractivity contribution is 0.361. The highest BCUT2D eigenvalue weighted by Crippen LogP contribution is 2.43. The molecular formula is C17H22BN3O4S. The number of pyridine rings is 1. The maximum absolute atomic E-state index is 11.8. The second-order valence-corrected chi connectivity index (χ2v) is 8.98. The Morgan fingerprint density at radius 1 is 1.38 bits per heavy atom. The molecular weight excluding hydrogens is 353 g/mol. The average molecular weight is 375 g/mol. The number of sulfonamides is 1. The summed E-state index contributed by atoms with van der Waals surface area (Å²) in [6, 6.07) is 1.96. The van der Waals surface area contributed by atoms with Gasteiger partial charge in [0.15, 0.2) is 0 Å². The second kappa shape index (κ2) is 6.72. The number of fused-ring (bicyclic) bond motifs is 3. The molecule has 7 nitrogen and oxygen atoms in total. The third kappa shape index (κ3) is 3.26. The SMILES string of the molecule is CCS(=O)(=O)NC1CCC(C2=CB(O)Oc3cnc4[nH]ccc4c32)CC1. The summed E-state index contributed by atoms with van der Waals surface area (Å²) < 4.78 is 31.9. The van der Waals surface area contributed by atoms with Crippen LogP contribution in [0.5, 0.6) is 5.75 Å². The Kier molecular flexibility index (Phi) is 4.54. The van der Waals surface area contributed by atoms with Crippen LogP contribution in [0.15, 0.2) is 24.4 Å². The third-order valence-corrected chi connectivity index (χ3v) is 6.76. The molecule has 3 heterocycles. The highest BCUT2D eigenvalue weighted by molar-refractivity contribution is 7.89. The van der Waals surface area contributed by atoms with Crippen molar-refractivity contribution in [3.05, 3.63) is 30.0 Å². The van der Waals surface area contributed by atoms with Gasteiger partial charge in [0.05, 0.1) is 11.9 Å². The number of hydrogen-bond acceptors (Lipinski definition) is 5. The van der Waals surface area contributed by atoms with E-state index in [1.54, 1.807) is 19.1 Å². The van der Waals surface area contributed by atoms with Crippen LogP contribution in [0.2, 0.25) is 0 Å². The van der Waals surface area contributed by atoms with E-state index in [1.165, 1.54) is 0 Å². The van der Waals surface area contributed by atoms with Gasteiger partial charge in [-0.05, 0) is 56.1 Å². The summed E-state index contributed by atoms with van der Waals surface area (Å²) in [5.74, 6) is 2.73. The van der Waals surface area contributed by atoms with Crippen molar-refractivity contribution in [1.82, 2.24) is 14.7 Å². The number of hydrogen-bond donors (Lipinski definition) is 3. The number of nitrogens with zero attached hydrogens (tertiary/aromatic N) is 1. The normalized spacial score (nSPS) is 23.5. The van der Waals surface area contributed by atoms with Crippen molar-refractivity contribution in [2.75, 3.05) is 5.75 Å². The van der Waals surface area contributed by atoms with Crippen LogP contribution in [0.1, 0.15) is 38.2 Å². The number of aromatic amines is 1. The van der Waals surface area contributed by atoms with Gasteiger partial charge in [-0.15, -0.1) is 0 Å². The lowest BCUT2D eigenvalue weighted by Crippen LogP contribution is -2.38. The van der Waals surface area contributed by atoms with Gasteiger partial charge in [-0.25, -0.2) is 18.1 Å². The van der Waals surface area contributed by atoms with Crippen LogP contribution >= 0.6 is 0 Å². The number of nitrogens with one attached hydrogen (secondary N) is 2. The number of allylic oxidation sites excluding steroid dienone is 1. The van der Waals surface area contributed by atoms with Crippen molar-refractivity contribution in [2.24, 2.45) is 5.92 Å². The van der Waals surface area contributed by atoms with Gasteiger partial charge in [0, 0.05) is 23.2 Å². The summed E-state index contributed by atoms with van der Waals surface area (Å²) >= 11 is 0. The predicted octanol–water partition coefficient (Wildman–Crippen LogP) is 1.86. The van der Waals surface area contributed by atoms with Crippen molar-refractivity contribution < 1.29 is 18.1 Å². The summed E-state index contributed by atoms with van der Waals surface area (Å²) in [7, 11) is -4.16. The Labute approximate surface area is 153 Å². The van der Waals surface area contributed by atoms with Crippen molar-refractivity contribution in [1.29, 1.82) is 0 Å². The fourth-order valence-electron chi connectivity index (χ4n) is 3.98. The monoisotopic (exact) mass is 375 g/mol. The first-order chi connectivity index (χ1) is 12.5. The van der Waals surface area contributed by atoms with Crippen molar-refractivity contribution in [3.8, 4) is 5.75 Å². The Morgan fingerprint density at radius 3 is 2.88 bits per heavy atom. The second-order valence-electron chi connectivity index (χ2n) is 6.94. The Balaban J connectivity index is 1.58. The molecule has 0 atom stereocenters. The van der Waals surface area contributed by atoms with Gasteiger partial charge in [-0.2, -0.15) is 0 Å². The van der Waals surface area contributed by atoms with Crippen molar-refractivity contribution in [3.63, 3.8) is 0 Å². The van der Waals surface area contributed by atoms with E-state index in [2.05, 4.69) is 14.7 Å². The van der Waals surface area contributed by atoms with Gasteiger partial charge in [-0.1, -0.05) is 0 Å². The molecule has 0 amide bonds. The molecule has 2 aromatic rings. The molecule has 0 aromatic carbocycles. The fourth-order valence-corrected chi connectivity index (χ4v) is 4.89. The predicted molar refractivity (Wildman–Crippen MR) is 101 cm³/mol. The van der Waals surface area contributed by atoms with Crippen LogP contribution in [-0.4, -0.2) is 42.3 Å². The van der Waals surface area contributed by atoms with E-state index in [4.69, 9.17) is 4.65 Å². The minimum Gasteiger partial charge on any atom is -0.531 e.